The molecule has 19 heavy (non-hydrogen) atoms. The fourth-order valence-corrected chi connectivity index (χ4v) is 2.74. The van der Waals surface area contributed by atoms with Gasteiger partial charge in [-0.15, -0.1) is 11.8 Å². The first-order valence-electron chi connectivity index (χ1n) is 5.53. The summed E-state index contributed by atoms with van der Waals surface area (Å²) in [5, 5.41) is -2.13. The summed E-state index contributed by atoms with van der Waals surface area (Å²) >= 11 is 0.518. The van der Waals surface area contributed by atoms with Gasteiger partial charge >= 0.3 is 6.18 Å². The second kappa shape index (κ2) is 4.88. The summed E-state index contributed by atoms with van der Waals surface area (Å²) in [7, 11) is 0. The zero-order chi connectivity index (χ0) is 14.2. The summed E-state index contributed by atoms with van der Waals surface area (Å²) in [6.07, 6.45) is -4.64. The molecule has 2 amide bonds. The number of hydrogen-bond donors (Lipinski definition) is 0. The fourth-order valence-electron chi connectivity index (χ4n) is 1.89. The van der Waals surface area contributed by atoms with Gasteiger partial charge in [0.15, 0.2) is 5.37 Å². The van der Waals surface area contributed by atoms with Crippen molar-refractivity contribution >= 4 is 23.6 Å². The maximum Gasteiger partial charge on any atom is 0.418 e. The number of rotatable bonds is 3. The van der Waals surface area contributed by atoms with E-state index in [1.54, 1.807) is 6.92 Å². The number of amides is 2. The highest BCUT2D eigenvalue weighted by Crippen LogP contribution is 2.37. The number of benzene rings is 1. The van der Waals surface area contributed by atoms with Gasteiger partial charge in [0.25, 0.3) is 11.8 Å². The third-order valence-corrected chi connectivity index (χ3v) is 3.79. The van der Waals surface area contributed by atoms with E-state index in [2.05, 4.69) is 0 Å². The number of fused-ring (bicyclic) bond motifs is 1. The molecule has 0 saturated heterocycles. The number of hydrogen-bond acceptors (Lipinski definition) is 3. The van der Waals surface area contributed by atoms with E-state index in [-0.39, 0.29) is 16.9 Å². The summed E-state index contributed by atoms with van der Waals surface area (Å²) in [5.41, 5.74) is 0.0527. The van der Waals surface area contributed by atoms with Gasteiger partial charge < -0.3 is 0 Å². The molecule has 1 aliphatic heterocycles. The zero-order valence-corrected chi connectivity index (χ0v) is 10.7. The van der Waals surface area contributed by atoms with Gasteiger partial charge in [0.05, 0.1) is 11.1 Å². The van der Waals surface area contributed by atoms with Crippen LogP contribution in [0.25, 0.3) is 0 Å². The maximum atomic E-state index is 13.0. The maximum absolute atomic E-state index is 13.0. The van der Waals surface area contributed by atoms with Crippen molar-refractivity contribution in [2.75, 3.05) is 5.75 Å². The van der Waals surface area contributed by atoms with E-state index >= 15 is 0 Å². The Kier molecular flexibility index (Phi) is 3.58. The van der Waals surface area contributed by atoms with E-state index in [1.807, 2.05) is 0 Å². The standard InChI is InChI=1S/C12H10F3NO2S/c1-2-19-11(12(13,14)15)16-9(17)7-5-3-4-6-8(7)10(16)18/h3-6,11H,2H2,1H3. The SMILES string of the molecule is CCSC(N1C(=O)c2ccccc2C1=O)C(F)(F)F. The molecule has 1 heterocycles. The van der Waals surface area contributed by atoms with Crippen LogP contribution in [0.4, 0.5) is 13.2 Å². The van der Waals surface area contributed by atoms with E-state index in [4.69, 9.17) is 0 Å². The Balaban J connectivity index is 2.42. The predicted octanol–water partition coefficient (Wildman–Crippen LogP) is 2.92. The number of halogens is 3. The van der Waals surface area contributed by atoms with Crippen LogP contribution in [0.15, 0.2) is 24.3 Å². The van der Waals surface area contributed by atoms with Crippen LogP contribution >= 0.6 is 11.8 Å². The average Bonchev–Trinajstić information content (AvgIpc) is 2.59. The summed E-state index contributed by atoms with van der Waals surface area (Å²) in [6, 6.07) is 5.76. The van der Waals surface area contributed by atoms with Crippen molar-refractivity contribution < 1.29 is 22.8 Å². The molecule has 1 atom stereocenters. The van der Waals surface area contributed by atoms with Gasteiger partial charge in [-0.1, -0.05) is 19.1 Å². The van der Waals surface area contributed by atoms with Crippen molar-refractivity contribution in [3.8, 4) is 0 Å². The molecule has 0 fully saturated rings. The smallest absolute Gasteiger partial charge is 0.269 e. The highest BCUT2D eigenvalue weighted by atomic mass is 32.2. The Hall–Kier alpha value is -1.50. The monoisotopic (exact) mass is 289 g/mol. The lowest BCUT2D eigenvalue weighted by Crippen LogP contribution is -2.46. The molecule has 102 valence electrons. The van der Waals surface area contributed by atoms with Gasteiger partial charge in [0.1, 0.15) is 0 Å². The number of carbonyl (C=O) groups excluding carboxylic acids is 2. The average molecular weight is 289 g/mol. The highest BCUT2D eigenvalue weighted by molar-refractivity contribution is 7.99. The van der Waals surface area contributed by atoms with Gasteiger partial charge in [0, 0.05) is 0 Å². The second-order valence-electron chi connectivity index (χ2n) is 3.88. The molecular weight excluding hydrogens is 279 g/mol. The minimum atomic E-state index is -4.64. The Morgan fingerprint density at radius 3 is 2.00 bits per heavy atom. The Morgan fingerprint density at radius 1 is 1.16 bits per heavy atom. The van der Waals surface area contributed by atoms with Crippen LogP contribution in [0.5, 0.6) is 0 Å². The number of thioether (sulfide) groups is 1. The molecule has 7 heteroatoms. The second-order valence-corrected chi connectivity index (χ2v) is 5.23. The molecule has 1 unspecified atom stereocenters. The van der Waals surface area contributed by atoms with E-state index in [0.717, 1.165) is 0 Å². The first-order valence-corrected chi connectivity index (χ1v) is 6.58. The summed E-state index contributed by atoms with van der Waals surface area (Å²) in [5.74, 6) is -1.62. The summed E-state index contributed by atoms with van der Waals surface area (Å²) in [6.45, 7) is 1.54. The largest absolute Gasteiger partial charge is 0.418 e. The lowest BCUT2D eigenvalue weighted by atomic mass is 10.1. The van der Waals surface area contributed by atoms with Crippen LogP contribution in [0.2, 0.25) is 0 Å². The van der Waals surface area contributed by atoms with Gasteiger partial charge in [-0.05, 0) is 17.9 Å². The third kappa shape index (κ3) is 2.34. The number of alkyl halides is 3. The van der Waals surface area contributed by atoms with Crippen LogP contribution in [0.1, 0.15) is 27.6 Å². The van der Waals surface area contributed by atoms with Gasteiger partial charge in [-0.3, -0.25) is 14.5 Å². The molecule has 3 nitrogen and oxygen atoms in total. The normalized spacial score (nSPS) is 16.7. The van der Waals surface area contributed by atoms with Gasteiger partial charge in [-0.2, -0.15) is 13.2 Å². The number of imide groups is 1. The van der Waals surface area contributed by atoms with Crippen molar-refractivity contribution in [3.05, 3.63) is 35.4 Å². The molecule has 2 rings (SSSR count). The van der Waals surface area contributed by atoms with E-state index < -0.39 is 23.4 Å². The topological polar surface area (TPSA) is 37.4 Å². The number of carbonyl (C=O) groups is 2. The summed E-state index contributed by atoms with van der Waals surface area (Å²) in [4.78, 5) is 24.2. The summed E-state index contributed by atoms with van der Waals surface area (Å²) < 4.78 is 38.9. The van der Waals surface area contributed by atoms with Crippen molar-refractivity contribution in [3.63, 3.8) is 0 Å². The lowest BCUT2D eigenvalue weighted by Gasteiger charge is -2.27. The van der Waals surface area contributed by atoms with Crippen molar-refractivity contribution in [2.24, 2.45) is 0 Å². The zero-order valence-electron chi connectivity index (χ0n) is 9.90. The Bertz CT molecular complexity index is 495. The van der Waals surface area contributed by atoms with E-state index in [1.165, 1.54) is 24.3 Å². The highest BCUT2D eigenvalue weighted by Gasteiger charge is 2.51. The Labute approximate surface area is 111 Å². The quantitative estimate of drug-likeness (QED) is 0.803. The first-order chi connectivity index (χ1) is 8.88. The van der Waals surface area contributed by atoms with Crippen molar-refractivity contribution in [2.45, 2.75) is 18.5 Å². The van der Waals surface area contributed by atoms with Crippen molar-refractivity contribution in [1.29, 1.82) is 0 Å². The molecule has 1 aromatic rings. The molecule has 0 saturated carbocycles. The van der Waals surface area contributed by atoms with Gasteiger partial charge in [-0.25, -0.2) is 0 Å². The minimum absolute atomic E-state index is 0.0263. The molecule has 0 N–H and O–H groups in total. The molecule has 0 spiro atoms. The number of nitrogens with zero attached hydrogens (tertiary/aromatic N) is 1. The van der Waals surface area contributed by atoms with Crippen LogP contribution in [-0.2, 0) is 0 Å². The van der Waals surface area contributed by atoms with Gasteiger partial charge in [0.2, 0.25) is 0 Å². The third-order valence-electron chi connectivity index (χ3n) is 2.66. The molecule has 0 aromatic heterocycles. The van der Waals surface area contributed by atoms with Crippen LogP contribution < -0.4 is 0 Å². The molecule has 1 aliphatic rings. The molecule has 1 aromatic carbocycles. The Morgan fingerprint density at radius 2 is 1.63 bits per heavy atom. The first kappa shape index (κ1) is 13.9. The van der Waals surface area contributed by atoms with Crippen LogP contribution in [-0.4, -0.2) is 34.0 Å². The fraction of sp³-hybridized carbons (Fsp3) is 0.333. The lowest BCUT2D eigenvalue weighted by molar-refractivity contribution is -0.146. The minimum Gasteiger partial charge on any atom is -0.269 e. The molecule has 0 bridgehead atoms. The van der Waals surface area contributed by atoms with Crippen LogP contribution in [0.3, 0.4) is 0 Å². The molecular formula is C12H10F3NO2S. The van der Waals surface area contributed by atoms with Crippen LogP contribution in [0, 0.1) is 0 Å². The predicted molar refractivity (Wildman–Crippen MR) is 64.9 cm³/mol. The van der Waals surface area contributed by atoms with Crippen molar-refractivity contribution in [1.82, 2.24) is 4.90 Å². The van der Waals surface area contributed by atoms with E-state index in [0.29, 0.717) is 16.7 Å². The van der Waals surface area contributed by atoms with E-state index in [9.17, 15) is 22.8 Å². The molecule has 0 aliphatic carbocycles. The molecule has 0 radical (unpaired) electrons.